The summed E-state index contributed by atoms with van der Waals surface area (Å²) >= 11 is 1.86. The average molecular weight is 581 g/mol. The summed E-state index contributed by atoms with van der Waals surface area (Å²) in [6, 6.07) is 3.24. The Kier molecular flexibility index (Phi) is 9.67. The van der Waals surface area contributed by atoms with E-state index in [2.05, 4.69) is 12.2 Å². The van der Waals surface area contributed by atoms with Gasteiger partial charge in [-0.3, -0.25) is 10.1 Å². The number of aliphatic hydroxyl groups excluding tert-OH is 2. The smallest absolute Gasteiger partial charge is 0.411 e. The van der Waals surface area contributed by atoms with Crippen LogP contribution < -0.4 is 19.5 Å². The fourth-order valence-corrected chi connectivity index (χ4v) is 8.24. The fraction of sp³-hybridized carbons (Fsp3) is 0.724. The molecule has 224 valence electrons. The van der Waals surface area contributed by atoms with Crippen molar-refractivity contribution in [3.05, 3.63) is 12.1 Å². The first kappa shape index (κ1) is 30.6. The van der Waals surface area contributed by atoms with Gasteiger partial charge in [0.05, 0.1) is 39.7 Å². The second kappa shape index (κ2) is 12.7. The molecule has 2 aliphatic carbocycles. The maximum atomic E-state index is 13.2. The molecule has 0 spiro atoms. The zero-order valence-electron chi connectivity index (χ0n) is 24.2. The molecule has 1 saturated heterocycles. The number of hydrogen-bond acceptors (Lipinski definition) is 9. The van der Waals surface area contributed by atoms with Crippen molar-refractivity contribution in [2.45, 2.75) is 58.2 Å². The van der Waals surface area contributed by atoms with E-state index in [0.29, 0.717) is 55.0 Å². The molecule has 1 aromatic carbocycles. The van der Waals surface area contributed by atoms with Crippen LogP contribution in [0.2, 0.25) is 0 Å². The van der Waals surface area contributed by atoms with Crippen LogP contribution in [0.5, 0.6) is 17.2 Å². The van der Waals surface area contributed by atoms with Crippen LogP contribution in [-0.2, 0) is 9.53 Å². The van der Waals surface area contributed by atoms with Gasteiger partial charge in [0.15, 0.2) is 11.5 Å². The first-order valence-corrected chi connectivity index (χ1v) is 15.2. The van der Waals surface area contributed by atoms with Gasteiger partial charge in [0, 0.05) is 48.6 Å². The monoisotopic (exact) mass is 580 g/mol. The van der Waals surface area contributed by atoms with Gasteiger partial charge >= 0.3 is 6.09 Å². The molecule has 2 amide bonds. The SMILES string of the molecule is COc1cc(NC(=O)OC2CCC3(C)C(CC(=O)N4CCSCC4)C(O)CCC3C2(C)CO)cc(OC)c1OC. The Balaban J connectivity index is 1.50. The molecule has 1 aromatic rings. The highest BCUT2D eigenvalue weighted by Gasteiger charge is 2.60. The number of rotatable bonds is 8. The summed E-state index contributed by atoms with van der Waals surface area (Å²) in [5.41, 5.74) is -0.688. The third-order valence-electron chi connectivity index (χ3n) is 9.59. The Labute approximate surface area is 241 Å². The van der Waals surface area contributed by atoms with Gasteiger partial charge in [-0.05, 0) is 42.9 Å². The number of thioether (sulfide) groups is 1. The number of ether oxygens (including phenoxy) is 4. The van der Waals surface area contributed by atoms with Crippen molar-refractivity contribution in [2.75, 3.05) is 57.8 Å². The minimum atomic E-state index is -0.733. The van der Waals surface area contributed by atoms with E-state index in [9.17, 15) is 19.8 Å². The van der Waals surface area contributed by atoms with Crippen LogP contribution in [-0.4, -0.2) is 91.9 Å². The summed E-state index contributed by atoms with van der Waals surface area (Å²) in [6.45, 7) is 5.43. The van der Waals surface area contributed by atoms with Gasteiger partial charge in [-0.1, -0.05) is 13.8 Å². The van der Waals surface area contributed by atoms with Crippen molar-refractivity contribution in [2.24, 2.45) is 22.7 Å². The summed E-state index contributed by atoms with van der Waals surface area (Å²) in [6.07, 6.45) is 0.977. The van der Waals surface area contributed by atoms with Crippen LogP contribution >= 0.6 is 11.8 Å². The predicted molar refractivity (Wildman–Crippen MR) is 153 cm³/mol. The number of anilines is 1. The molecule has 1 heterocycles. The molecule has 0 bridgehead atoms. The molecule has 0 aromatic heterocycles. The van der Waals surface area contributed by atoms with Gasteiger partial charge in [-0.2, -0.15) is 11.8 Å². The minimum Gasteiger partial charge on any atom is -0.493 e. The lowest BCUT2D eigenvalue weighted by Gasteiger charge is -2.60. The third-order valence-corrected chi connectivity index (χ3v) is 10.5. The van der Waals surface area contributed by atoms with E-state index in [0.717, 1.165) is 24.6 Å². The van der Waals surface area contributed by atoms with Crippen LogP contribution in [0, 0.1) is 22.7 Å². The number of benzene rings is 1. The summed E-state index contributed by atoms with van der Waals surface area (Å²) < 4.78 is 22.1. The molecule has 11 heteroatoms. The molecule has 40 heavy (non-hydrogen) atoms. The maximum Gasteiger partial charge on any atom is 0.411 e. The first-order valence-electron chi connectivity index (χ1n) is 14.0. The maximum absolute atomic E-state index is 13.2. The summed E-state index contributed by atoms with van der Waals surface area (Å²) in [7, 11) is 4.50. The van der Waals surface area contributed by atoms with Gasteiger partial charge in [-0.15, -0.1) is 0 Å². The van der Waals surface area contributed by atoms with E-state index >= 15 is 0 Å². The van der Waals surface area contributed by atoms with E-state index in [1.165, 1.54) is 21.3 Å². The molecule has 1 aliphatic heterocycles. The lowest BCUT2D eigenvalue weighted by Crippen LogP contribution is -2.61. The van der Waals surface area contributed by atoms with Crippen molar-refractivity contribution < 1.29 is 38.7 Å². The topological polar surface area (TPSA) is 127 Å². The molecular formula is C29H44N2O8S. The number of nitrogens with zero attached hydrogens (tertiary/aromatic N) is 1. The third kappa shape index (κ3) is 5.83. The highest BCUT2D eigenvalue weighted by molar-refractivity contribution is 7.99. The Morgan fingerprint density at radius 3 is 2.27 bits per heavy atom. The average Bonchev–Trinajstić information content (AvgIpc) is 2.96. The Morgan fingerprint density at radius 1 is 1.05 bits per heavy atom. The Morgan fingerprint density at radius 2 is 1.70 bits per heavy atom. The van der Waals surface area contributed by atoms with Gasteiger partial charge in [-0.25, -0.2) is 4.79 Å². The Bertz CT molecular complexity index is 1040. The lowest BCUT2D eigenvalue weighted by molar-refractivity contribution is -0.186. The van der Waals surface area contributed by atoms with Crippen LogP contribution in [0.15, 0.2) is 12.1 Å². The lowest BCUT2D eigenvalue weighted by atomic mass is 9.46. The number of amides is 2. The normalized spacial score (nSPS) is 32.0. The number of hydrogen-bond donors (Lipinski definition) is 3. The molecule has 0 radical (unpaired) electrons. The number of carbonyl (C=O) groups is 2. The number of aliphatic hydroxyl groups is 2. The molecule has 4 rings (SSSR count). The molecule has 3 aliphatic rings. The van der Waals surface area contributed by atoms with Crippen molar-refractivity contribution in [1.82, 2.24) is 4.90 Å². The van der Waals surface area contributed by atoms with Gasteiger partial charge in [0.2, 0.25) is 11.7 Å². The fourth-order valence-electron chi connectivity index (χ4n) is 7.34. The summed E-state index contributed by atoms with van der Waals surface area (Å²) in [5.74, 6) is 2.95. The van der Waals surface area contributed by atoms with Crippen LogP contribution in [0.4, 0.5) is 10.5 Å². The van der Waals surface area contributed by atoms with Gasteiger partial charge in [0.25, 0.3) is 0 Å². The molecule has 6 atom stereocenters. The summed E-state index contributed by atoms with van der Waals surface area (Å²) in [5, 5.41) is 24.6. The van der Waals surface area contributed by atoms with E-state index < -0.39 is 23.7 Å². The summed E-state index contributed by atoms with van der Waals surface area (Å²) in [4.78, 5) is 28.2. The van der Waals surface area contributed by atoms with Crippen LogP contribution in [0.25, 0.3) is 0 Å². The molecular weight excluding hydrogens is 536 g/mol. The zero-order chi connectivity index (χ0) is 29.1. The second-order valence-electron chi connectivity index (χ2n) is 11.6. The quantitative estimate of drug-likeness (QED) is 0.421. The molecule has 3 fully saturated rings. The number of carbonyl (C=O) groups excluding carboxylic acids is 2. The molecule has 2 saturated carbocycles. The zero-order valence-corrected chi connectivity index (χ0v) is 25.1. The van der Waals surface area contributed by atoms with E-state index in [4.69, 9.17) is 18.9 Å². The minimum absolute atomic E-state index is 0.0316. The first-order chi connectivity index (χ1) is 19.1. The number of methoxy groups -OCH3 is 3. The van der Waals surface area contributed by atoms with Crippen LogP contribution in [0.3, 0.4) is 0 Å². The van der Waals surface area contributed by atoms with Crippen LogP contribution in [0.1, 0.15) is 46.0 Å². The molecule has 3 N–H and O–H groups in total. The number of fused-ring (bicyclic) bond motifs is 1. The van der Waals surface area contributed by atoms with Crippen molar-refractivity contribution in [3.8, 4) is 17.2 Å². The van der Waals surface area contributed by atoms with Gasteiger partial charge in [0.1, 0.15) is 6.10 Å². The Hall–Kier alpha value is -2.37. The largest absolute Gasteiger partial charge is 0.493 e. The highest BCUT2D eigenvalue weighted by Crippen LogP contribution is 2.61. The van der Waals surface area contributed by atoms with Gasteiger partial charge < -0.3 is 34.1 Å². The van der Waals surface area contributed by atoms with Crippen molar-refractivity contribution in [1.29, 1.82) is 0 Å². The number of nitrogens with one attached hydrogen (secondary N) is 1. The van der Waals surface area contributed by atoms with E-state index in [-0.39, 0.29) is 29.8 Å². The highest BCUT2D eigenvalue weighted by atomic mass is 32.2. The van der Waals surface area contributed by atoms with Crippen molar-refractivity contribution in [3.63, 3.8) is 0 Å². The van der Waals surface area contributed by atoms with E-state index in [1.54, 1.807) is 12.1 Å². The van der Waals surface area contributed by atoms with E-state index in [1.807, 2.05) is 23.6 Å². The standard InChI is InChI=1S/C29H44N2O8S/c1-28-9-8-24(39-27(35)30-18-14-21(36-3)26(38-5)22(15-18)37-4)29(2,17-32)23(28)7-6-20(33)19(28)16-25(34)31-10-12-40-13-11-31/h14-15,19-20,23-24,32-33H,6-13,16-17H2,1-5H3,(H,30,35). The molecule has 10 nitrogen and oxygen atoms in total. The molecule has 6 unspecified atom stereocenters. The predicted octanol–water partition coefficient (Wildman–Crippen LogP) is 3.78. The second-order valence-corrected chi connectivity index (χ2v) is 12.9. The van der Waals surface area contributed by atoms with Crippen molar-refractivity contribution >= 4 is 29.4 Å².